The van der Waals surface area contributed by atoms with E-state index in [1.54, 1.807) is 0 Å². The largest absolute Gasteiger partial charge is 0.381 e. The molecule has 0 saturated carbocycles. The molecule has 0 atom stereocenters. The van der Waals surface area contributed by atoms with Gasteiger partial charge >= 0.3 is 0 Å². The van der Waals surface area contributed by atoms with E-state index in [1.807, 2.05) is 23.6 Å². The molecule has 3 aromatic rings. The number of nitrogens with zero attached hydrogens (tertiary/aromatic N) is 1. The molecule has 4 heteroatoms. The molecular formula is C16H15N3S. The van der Waals surface area contributed by atoms with E-state index in [1.165, 1.54) is 16.9 Å². The SMILES string of the molecule is Nc1nc(-c2ccc(NCc3ccccc3)cc2)cs1. The lowest BCUT2D eigenvalue weighted by Gasteiger charge is -2.07. The lowest BCUT2D eigenvalue weighted by molar-refractivity contribution is 1.15. The molecule has 0 aliphatic carbocycles. The van der Waals surface area contributed by atoms with Gasteiger partial charge in [0.1, 0.15) is 0 Å². The first-order valence-electron chi connectivity index (χ1n) is 6.40. The molecule has 2 aromatic carbocycles. The van der Waals surface area contributed by atoms with Crippen LogP contribution < -0.4 is 11.1 Å². The molecule has 0 amide bonds. The second kappa shape index (κ2) is 5.75. The Balaban J connectivity index is 1.67. The zero-order valence-electron chi connectivity index (χ0n) is 10.9. The number of nitrogen functional groups attached to an aromatic ring is 1. The molecule has 0 aliphatic rings. The number of thiazole rings is 1. The highest BCUT2D eigenvalue weighted by Crippen LogP contribution is 2.24. The smallest absolute Gasteiger partial charge is 0.180 e. The quantitative estimate of drug-likeness (QED) is 0.760. The van der Waals surface area contributed by atoms with Crippen LogP contribution in [0.3, 0.4) is 0 Å². The molecule has 1 heterocycles. The fraction of sp³-hybridized carbons (Fsp3) is 0.0625. The van der Waals surface area contributed by atoms with Crippen LogP contribution in [0.1, 0.15) is 5.56 Å². The summed E-state index contributed by atoms with van der Waals surface area (Å²) < 4.78 is 0. The molecule has 0 radical (unpaired) electrons. The van der Waals surface area contributed by atoms with Crippen molar-refractivity contribution in [1.82, 2.24) is 4.98 Å². The van der Waals surface area contributed by atoms with Gasteiger partial charge in [0.25, 0.3) is 0 Å². The summed E-state index contributed by atoms with van der Waals surface area (Å²) in [6.45, 7) is 0.823. The fourth-order valence-corrected chi connectivity index (χ4v) is 2.55. The zero-order chi connectivity index (χ0) is 13.8. The fourth-order valence-electron chi connectivity index (χ4n) is 1.98. The summed E-state index contributed by atoms with van der Waals surface area (Å²) in [7, 11) is 0. The molecule has 0 saturated heterocycles. The van der Waals surface area contributed by atoms with Gasteiger partial charge in [-0.2, -0.15) is 0 Å². The Morgan fingerprint density at radius 1 is 1.00 bits per heavy atom. The third kappa shape index (κ3) is 2.97. The van der Waals surface area contributed by atoms with Crippen LogP contribution >= 0.6 is 11.3 Å². The first-order valence-corrected chi connectivity index (χ1v) is 7.28. The summed E-state index contributed by atoms with van der Waals surface area (Å²) in [5.41, 5.74) is 10.0. The van der Waals surface area contributed by atoms with E-state index in [2.05, 4.69) is 46.7 Å². The molecule has 0 unspecified atom stereocenters. The predicted molar refractivity (Wildman–Crippen MR) is 85.7 cm³/mol. The van der Waals surface area contributed by atoms with Crippen LogP contribution in [0, 0.1) is 0 Å². The number of hydrogen-bond donors (Lipinski definition) is 2. The number of aromatic nitrogens is 1. The first kappa shape index (κ1) is 12.7. The molecule has 0 bridgehead atoms. The van der Waals surface area contributed by atoms with Gasteiger partial charge in [-0.25, -0.2) is 4.98 Å². The second-order valence-electron chi connectivity index (χ2n) is 4.49. The Morgan fingerprint density at radius 3 is 2.40 bits per heavy atom. The minimum atomic E-state index is 0.603. The monoisotopic (exact) mass is 281 g/mol. The Morgan fingerprint density at radius 2 is 1.75 bits per heavy atom. The summed E-state index contributed by atoms with van der Waals surface area (Å²) in [5, 5.41) is 5.98. The Kier molecular flexibility index (Phi) is 3.65. The van der Waals surface area contributed by atoms with Crippen molar-refractivity contribution in [2.75, 3.05) is 11.1 Å². The Bertz CT molecular complexity index is 674. The summed E-state index contributed by atoms with van der Waals surface area (Å²) in [6.07, 6.45) is 0. The van der Waals surface area contributed by atoms with Crippen molar-refractivity contribution in [2.24, 2.45) is 0 Å². The van der Waals surface area contributed by atoms with Crippen LogP contribution in [0.5, 0.6) is 0 Å². The summed E-state index contributed by atoms with van der Waals surface area (Å²) in [6, 6.07) is 18.6. The second-order valence-corrected chi connectivity index (χ2v) is 5.38. The third-order valence-electron chi connectivity index (χ3n) is 3.04. The Labute approximate surface area is 122 Å². The van der Waals surface area contributed by atoms with Crippen LogP contribution in [0.15, 0.2) is 60.0 Å². The van der Waals surface area contributed by atoms with Gasteiger partial charge in [-0.05, 0) is 17.7 Å². The molecule has 0 aliphatic heterocycles. The molecule has 20 heavy (non-hydrogen) atoms. The first-order chi connectivity index (χ1) is 9.81. The van der Waals surface area contributed by atoms with Gasteiger partial charge in [0, 0.05) is 23.2 Å². The zero-order valence-corrected chi connectivity index (χ0v) is 11.7. The maximum atomic E-state index is 5.65. The number of nitrogens with two attached hydrogens (primary N) is 1. The summed E-state index contributed by atoms with van der Waals surface area (Å²) in [4.78, 5) is 4.28. The maximum Gasteiger partial charge on any atom is 0.180 e. The average molecular weight is 281 g/mol. The van der Waals surface area contributed by atoms with E-state index in [-0.39, 0.29) is 0 Å². The average Bonchev–Trinajstić information content (AvgIpc) is 2.93. The molecule has 1 aromatic heterocycles. The van der Waals surface area contributed by atoms with Crippen LogP contribution in [0.4, 0.5) is 10.8 Å². The van der Waals surface area contributed by atoms with Gasteiger partial charge < -0.3 is 11.1 Å². The van der Waals surface area contributed by atoms with E-state index in [0.717, 1.165) is 23.5 Å². The number of hydrogen-bond acceptors (Lipinski definition) is 4. The standard InChI is InChI=1S/C16H15N3S/c17-16-19-15(11-20-16)13-6-8-14(9-7-13)18-10-12-4-2-1-3-5-12/h1-9,11,18H,10H2,(H2,17,19). The van der Waals surface area contributed by atoms with Crippen molar-refractivity contribution >= 4 is 22.2 Å². The summed E-state index contributed by atoms with van der Waals surface area (Å²) in [5.74, 6) is 0. The Hall–Kier alpha value is -2.33. The van der Waals surface area contributed by atoms with Crippen molar-refractivity contribution in [2.45, 2.75) is 6.54 Å². The molecule has 3 rings (SSSR count). The molecule has 3 N–H and O–H groups in total. The lowest BCUT2D eigenvalue weighted by atomic mass is 10.1. The maximum absolute atomic E-state index is 5.65. The van der Waals surface area contributed by atoms with Crippen molar-refractivity contribution < 1.29 is 0 Å². The van der Waals surface area contributed by atoms with E-state index in [9.17, 15) is 0 Å². The minimum absolute atomic E-state index is 0.603. The van der Waals surface area contributed by atoms with Gasteiger partial charge in [-0.1, -0.05) is 42.5 Å². The van der Waals surface area contributed by atoms with E-state index in [0.29, 0.717) is 5.13 Å². The molecule has 0 spiro atoms. The van der Waals surface area contributed by atoms with Crippen LogP contribution in [0.2, 0.25) is 0 Å². The van der Waals surface area contributed by atoms with Crippen molar-refractivity contribution in [1.29, 1.82) is 0 Å². The van der Waals surface area contributed by atoms with Gasteiger partial charge in [-0.15, -0.1) is 11.3 Å². The molecule has 100 valence electrons. The number of nitrogens with one attached hydrogen (secondary N) is 1. The van der Waals surface area contributed by atoms with E-state index < -0.39 is 0 Å². The van der Waals surface area contributed by atoms with Gasteiger partial charge in [0.2, 0.25) is 0 Å². The van der Waals surface area contributed by atoms with Crippen molar-refractivity contribution in [3.8, 4) is 11.3 Å². The minimum Gasteiger partial charge on any atom is -0.381 e. The molecule has 3 nitrogen and oxygen atoms in total. The predicted octanol–water partition coefficient (Wildman–Crippen LogP) is 4.00. The number of anilines is 2. The van der Waals surface area contributed by atoms with Crippen LogP contribution in [-0.2, 0) is 6.54 Å². The number of benzene rings is 2. The molecular weight excluding hydrogens is 266 g/mol. The van der Waals surface area contributed by atoms with Gasteiger partial charge in [-0.3, -0.25) is 0 Å². The normalized spacial score (nSPS) is 10.4. The highest BCUT2D eigenvalue weighted by Gasteiger charge is 2.02. The van der Waals surface area contributed by atoms with Crippen molar-refractivity contribution in [3.63, 3.8) is 0 Å². The number of rotatable bonds is 4. The molecule has 0 fully saturated rings. The van der Waals surface area contributed by atoms with Gasteiger partial charge in [0.05, 0.1) is 5.69 Å². The van der Waals surface area contributed by atoms with Crippen LogP contribution in [-0.4, -0.2) is 4.98 Å². The highest BCUT2D eigenvalue weighted by atomic mass is 32.1. The highest BCUT2D eigenvalue weighted by molar-refractivity contribution is 7.13. The van der Waals surface area contributed by atoms with Gasteiger partial charge in [0.15, 0.2) is 5.13 Å². The third-order valence-corrected chi connectivity index (χ3v) is 3.72. The van der Waals surface area contributed by atoms with E-state index in [4.69, 9.17) is 5.73 Å². The lowest BCUT2D eigenvalue weighted by Crippen LogP contribution is -1.98. The summed E-state index contributed by atoms with van der Waals surface area (Å²) >= 11 is 1.46. The van der Waals surface area contributed by atoms with Crippen LogP contribution in [0.25, 0.3) is 11.3 Å². The topological polar surface area (TPSA) is 50.9 Å². The van der Waals surface area contributed by atoms with E-state index >= 15 is 0 Å². The van der Waals surface area contributed by atoms with Crippen molar-refractivity contribution in [3.05, 3.63) is 65.5 Å².